The summed E-state index contributed by atoms with van der Waals surface area (Å²) in [5.41, 5.74) is 8.28. The summed E-state index contributed by atoms with van der Waals surface area (Å²) in [6, 6.07) is 11.4. The van der Waals surface area contributed by atoms with Crippen LogP contribution in [0.15, 0.2) is 42.5 Å². The van der Waals surface area contributed by atoms with E-state index in [0.717, 1.165) is 12.0 Å². The Hall–Kier alpha value is -1.74. The van der Waals surface area contributed by atoms with E-state index in [9.17, 15) is 8.78 Å². The molecule has 0 aliphatic rings. The molecule has 3 heteroatoms. The van der Waals surface area contributed by atoms with Gasteiger partial charge in [0.25, 0.3) is 0 Å². The Morgan fingerprint density at radius 1 is 0.905 bits per heavy atom. The SMILES string of the molecule is CC(C)Cc1ccc(C(N)Cc2c(F)cccc2F)cc1. The lowest BCUT2D eigenvalue weighted by Gasteiger charge is -2.14. The van der Waals surface area contributed by atoms with Crippen molar-refractivity contribution in [2.24, 2.45) is 11.7 Å². The molecule has 0 heterocycles. The molecule has 2 aromatic carbocycles. The van der Waals surface area contributed by atoms with Gasteiger partial charge in [0.05, 0.1) is 0 Å². The van der Waals surface area contributed by atoms with Crippen LogP contribution < -0.4 is 5.73 Å². The van der Waals surface area contributed by atoms with Crippen LogP contribution in [0.3, 0.4) is 0 Å². The van der Waals surface area contributed by atoms with Gasteiger partial charge in [0, 0.05) is 11.6 Å². The molecule has 1 unspecified atom stereocenters. The van der Waals surface area contributed by atoms with Crippen LogP contribution in [0, 0.1) is 17.6 Å². The van der Waals surface area contributed by atoms with Crippen molar-refractivity contribution in [1.82, 2.24) is 0 Å². The van der Waals surface area contributed by atoms with Gasteiger partial charge in [-0.05, 0) is 42.0 Å². The first-order valence-electron chi connectivity index (χ1n) is 7.24. The highest BCUT2D eigenvalue weighted by atomic mass is 19.1. The van der Waals surface area contributed by atoms with Crippen molar-refractivity contribution in [3.05, 3.63) is 70.8 Å². The van der Waals surface area contributed by atoms with Gasteiger partial charge < -0.3 is 5.73 Å². The van der Waals surface area contributed by atoms with Gasteiger partial charge in [-0.15, -0.1) is 0 Å². The summed E-state index contributed by atoms with van der Waals surface area (Å²) >= 11 is 0. The fraction of sp³-hybridized carbons (Fsp3) is 0.333. The van der Waals surface area contributed by atoms with E-state index in [0.29, 0.717) is 5.92 Å². The fourth-order valence-electron chi connectivity index (χ4n) is 2.44. The second-order valence-electron chi connectivity index (χ2n) is 5.85. The maximum absolute atomic E-state index is 13.6. The third kappa shape index (κ3) is 4.11. The van der Waals surface area contributed by atoms with Gasteiger partial charge in [-0.2, -0.15) is 0 Å². The highest BCUT2D eigenvalue weighted by Gasteiger charge is 2.14. The van der Waals surface area contributed by atoms with Gasteiger partial charge in [-0.1, -0.05) is 44.2 Å². The predicted molar refractivity (Wildman–Crippen MR) is 82.0 cm³/mol. The van der Waals surface area contributed by atoms with Crippen molar-refractivity contribution >= 4 is 0 Å². The highest BCUT2D eigenvalue weighted by molar-refractivity contribution is 5.28. The largest absolute Gasteiger partial charge is 0.324 e. The van der Waals surface area contributed by atoms with Crippen LogP contribution in [0.5, 0.6) is 0 Å². The molecule has 2 N–H and O–H groups in total. The Kier molecular flexibility index (Phi) is 5.07. The zero-order valence-corrected chi connectivity index (χ0v) is 12.4. The molecule has 0 saturated carbocycles. The minimum atomic E-state index is -0.540. The minimum Gasteiger partial charge on any atom is -0.324 e. The first-order valence-corrected chi connectivity index (χ1v) is 7.24. The molecule has 0 amide bonds. The average Bonchev–Trinajstić information content (AvgIpc) is 2.43. The number of hydrogen-bond donors (Lipinski definition) is 1. The Bertz CT molecular complexity index is 570. The number of nitrogens with two attached hydrogens (primary N) is 1. The number of rotatable bonds is 5. The molecule has 0 spiro atoms. The standard InChI is InChI=1S/C18H21F2N/c1-12(2)10-13-6-8-14(9-7-13)18(21)11-15-16(19)4-3-5-17(15)20/h3-9,12,18H,10-11,21H2,1-2H3. The molecule has 112 valence electrons. The second-order valence-corrected chi connectivity index (χ2v) is 5.85. The monoisotopic (exact) mass is 289 g/mol. The lowest BCUT2D eigenvalue weighted by atomic mass is 9.96. The third-order valence-corrected chi connectivity index (χ3v) is 3.54. The summed E-state index contributed by atoms with van der Waals surface area (Å²) in [6.07, 6.45) is 1.17. The summed E-state index contributed by atoms with van der Waals surface area (Å²) in [4.78, 5) is 0. The van der Waals surface area contributed by atoms with Crippen molar-refractivity contribution in [3.63, 3.8) is 0 Å². The quantitative estimate of drug-likeness (QED) is 0.867. The van der Waals surface area contributed by atoms with Crippen molar-refractivity contribution in [1.29, 1.82) is 0 Å². The van der Waals surface area contributed by atoms with Crippen LogP contribution in [-0.2, 0) is 12.8 Å². The maximum atomic E-state index is 13.6. The van der Waals surface area contributed by atoms with E-state index >= 15 is 0 Å². The molecule has 0 bridgehead atoms. The van der Waals surface area contributed by atoms with E-state index in [1.54, 1.807) is 0 Å². The van der Waals surface area contributed by atoms with Crippen LogP contribution in [0.4, 0.5) is 8.78 Å². The first kappa shape index (κ1) is 15.6. The van der Waals surface area contributed by atoms with Gasteiger partial charge >= 0.3 is 0 Å². The van der Waals surface area contributed by atoms with E-state index in [1.165, 1.54) is 23.8 Å². The molecule has 2 aromatic rings. The molecule has 0 aliphatic carbocycles. The van der Waals surface area contributed by atoms with Gasteiger partial charge in [0.1, 0.15) is 11.6 Å². The lowest BCUT2D eigenvalue weighted by molar-refractivity contribution is 0.539. The zero-order chi connectivity index (χ0) is 15.4. The summed E-state index contributed by atoms with van der Waals surface area (Å²) in [5.74, 6) is -0.485. The number of halogens is 2. The molecule has 0 aromatic heterocycles. The molecule has 0 radical (unpaired) electrons. The highest BCUT2D eigenvalue weighted by Crippen LogP contribution is 2.21. The average molecular weight is 289 g/mol. The molecule has 0 aliphatic heterocycles. The van der Waals surface area contributed by atoms with Crippen LogP contribution >= 0.6 is 0 Å². The van der Waals surface area contributed by atoms with E-state index in [1.807, 2.05) is 24.3 Å². The molecule has 1 nitrogen and oxygen atoms in total. The van der Waals surface area contributed by atoms with Gasteiger partial charge in [0.2, 0.25) is 0 Å². The van der Waals surface area contributed by atoms with Gasteiger partial charge in [0.15, 0.2) is 0 Å². The molecule has 21 heavy (non-hydrogen) atoms. The van der Waals surface area contributed by atoms with Crippen molar-refractivity contribution in [3.8, 4) is 0 Å². The molecule has 0 fully saturated rings. The first-order chi connectivity index (χ1) is 9.97. The van der Waals surface area contributed by atoms with Crippen molar-refractivity contribution < 1.29 is 8.78 Å². The van der Waals surface area contributed by atoms with Gasteiger partial charge in [-0.25, -0.2) is 8.78 Å². The molecule has 1 atom stereocenters. The van der Waals surface area contributed by atoms with E-state index < -0.39 is 17.7 Å². The van der Waals surface area contributed by atoms with Crippen LogP contribution in [0.1, 0.15) is 36.6 Å². The van der Waals surface area contributed by atoms with Gasteiger partial charge in [-0.3, -0.25) is 0 Å². The summed E-state index contributed by atoms with van der Waals surface area (Å²) in [6.45, 7) is 4.33. The third-order valence-electron chi connectivity index (χ3n) is 3.54. The summed E-state index contributed by atoms with van der Waals surface area (Å²) in [5, 5.41) is 0. The summed E-state index contributed by atoms with van der Waals surface area (Å²) < 4.78 is 27.3. The smallest absolute Gasteiger partial charge is 0.129 e. The Morgan fingerprint density at radius 3 is 2.00 bits per heavy atom. The minimum absolute atomic E-state index is 0.0521. The Labute approximate surface area is 124 Å². The zero-order valence-electron chi connectivity index (χ0n) is 12.4. The van der Waals surface area contributed by atoms with Crippen molar-refractivity contribution in [2.45, 2.75) is 32.7 Å². The fourth-order valence-corrected chi connectivity index (χ4v) is 2.44. The van der Waals surface area contributed by atoms with Crippen LogP contribution in [-0.4, -0.2) is 0 Å². The van der Waals surface area contributed by atoms with Crippen LogP contribution in [0.2, 0.25) is 0 Å². The molecule has 2 rings (SSSR count). The van der Waals surface area contributed by atoms with E-state index in [4.69, 9.17) is 5.73 Å². The number of benzene rings is 2. The maximum Gasteiger partial charge on any atom is 0.129 e. The van der Waals surface area contributed by atoms with E-state index in [2.05, 4.69) is 13.8 Å². The second kappa shape index (κ2) is 6.81. The predicted octanol–water partition coefficient (Wildman–Crippen LogP) is 4.41. The topological polar surface area (TPSA) is 26.0 Å². The molecule has 0 saturated heterocycles. The lowest BCUT2D eigenvalue weighted by Crippen LogP contribution is -2.15. The normalized spacial score (nSPS) is 12.7. The van der Waals surface area contributed by atoms with E-state index in [-0.39, 0.29) is 12.0 Å². The summed E-state index contributed by atoms with van der Waals surface area (Å²) in [7, 11) is 0. The number of hydrogen-bond acceptors (Lipinski definition) is 1. The Morgan fingerprint density at radius 2 is 1.48 bits per heavy atom. The Balaban J connectivity index is 2.11. The molecular weight excluding hydrogens is 268 g/mol. The molecular formula is C18H21F2N. The van der Waals surface area contributed by atoms with Crippen molar-refractivity contribution in [2.75, 3.05) is 0 Å². The van der Waals surface area contributed by atoms with Crippen LogP contribution in [0.25, 0.3) is 0 Å².